The van der Waals surface area contributed by atoms with Crippen molar-refractivity contribution in [3.63, 3.8) is 0 Å². The number of benzene rings is 1. The summed E-state index contributed by atoms with van der Waals surface area (Å²) in [4.78, 5) is 2.85. The highest BCUT2D eigenvalue weighted by atomic mass is 127. The normalized spacial score (nSPS) is 9.87. The molecule has 0 aliphatic carbocycles. The number of hydrogen-bond donors (Lipinski definition) is 2. The summed E-state index contributed by atoms with van der Waals surface area (Å²) in [6.45, 7) is 0. The van der Waals surface area contributed by atoms with Crippen molar-refractivity contribution >= 4 is 28.4 Å². The van der Waals surface area contributed by atoms with Crippen LogP contribution in [0.2, 0.25) is 0 Å². The molecule has 0 saturated carbocycles. The molecule has 1 aromatic heterocycles. The molecule has 2 rings (SSSR count). The van der Waals surface area contributed by atoms with Crippen LogP contribution in [0.3, 0.4) is 0 Å². The Kier molecular flexibility index (Phi) is 2.64. The van der Waals surface area contributed by atoms with Gasteiger partial charge in [-0.2, -0.15) is 5.26 Å². The third kappa shape index (κ3) is 1.83. The number of nitrogens with two attached hydrogens (primary N) is 1. The molecule has 0 fully saturated rings. The van der Waals surface area contributed by atoms with Crippen LogP contribution < -0.4 is 5.73 Å². The molecule has 1 heterocycles. The summed E-state index contributed by atoms with van der Waals surface area (Å²) in [6.07, 6.45) is 1.76. The first kappa shape index (κ1) is 10.1. The zero-order chi connectivity index (χ0) is 10.8. The zero-order valence-electron chi connectivity index (χ0n) is 7.79. The number of hydrogen-bond acceptors (Lipinski definition) is 2. The summed E-state index contributed by atoms with van der Waals surface area (Å²) in [5.41, 5.74) is 8.00. The molecule has 0 atom stereocenters. The van der Waals surface area contributed by atoms with Gasteiger partial charge in [0.2, 0.25) is 0 Å². The first-order valence-corrected chi connectivity index (χ1v) is 5.43. The quantitative estimate of drug-likeness (QED) is 0.796. The number of rotatable bonds is 1. The lowest BCUT2D eigenvalue weighted by atomic mass is 10.1. The minimum atomic E-state index is 0.422. The van der Waals surface area contributed by atoms with E-state index in [-0.39, 0.29) is 0 Å². The van der Waals surface area contributed by atoms with Crippen molar-refractivity contribution < 1.29 is 0 Å². The van der Waals surface area contributed by atoms with Crippen LogP contribution in [-0.4, -0.2) is 4.98 Å². The number of nitrogens with one attached hydrogen (secondary N) is 1. The van der Waals surface area contributed by atoms with Crippen LogP contribution in [0.4, 0.5) is 5.82 Å². The predicted octanol–water partition coefficient (Wildman–Crippen LogP) is 2.74. The van der Waals surface area contributed by atoms with Crippen LogP contribution in [0.5, 0.6) is 0 Å². The number of halogens is 1. The SMILES string of the molecule is N#Cc1c(-c2ccc(I)cc2)c[nH]c1N. The highest BCUT2D eigenvalue weighted by molar-refractivity contribution is 14.1. The van der Waals surface area contributed by atoms with Gasteiger partial charge < -0.3 is 10.7 Å². The van der Waals surface area contributed by atoms with Gasteiger partial charge in [0.05, 0.1) is 0 Å². The van der Waals surface area contributed by atoms with E-state index in [1.807, 2.05) is 24.3 Å². The Bertz CT molecular complexity index is 520. The smallest absolute Gasteiger partial charge is 0.119 e. The Labute approximate surface area is 101 Å². The van der Waals surface area contributed by atoms with Gasteiger partial charge in [-0.25, -0.2) is 0 Å². The molecule has 0 radical (unpaired) electrons. The minimum Gasteiger partial charge on any atom is -0.384 e. The molecule has 0 aliphatic heterocycles. The second-order valence-electron chi connectivity index (χ2n) is 3.11. The molecule has 0 amide bonds. The molecule has 3 N–H and O–H groups in total. The Morgan fingerprint density at radius 3 is 2.53 bits per heavy atom. The molecule has 2 aromatic rings. The number of anilines is 1. The lowest BCUT2D eigenvalue weighted by molar-refractivity contribution is 1.40. The van der Waals surface area contributed by atoms with Crippen molar-refractivity contribution in [1.29, 1.82) is 5.26 Å². The summed E-state index contributed by atoms with van der Waals surface area (Å²) in [5, 5.41) is 8.95. The first-order valence-electron chi connectivity index (χ1n) is 4.35. The number of nitriles is 1. The summed E-state index contributed by atoms with van der Waals surface area (Å²) in [6, 6.07) is 10.1. The van der Waals surface area contributed by atoms with Gasteiger partial charge in [-0.3, -0.25) is 0 Å². The van der Waals surface area contributed by atoms with E-state index in [9.17, 15) is 0 Å². The second-order valence-corrected chi connectivity index (χ2v) is 4.36. The molecule has 0 saturated heterocycles. The first-order chi connectivity index (χ1) is 7.22. The van der Waals surface area contributed by atoms with E-state index >= 15 is 0 Å². The molecule has 4 heteroatoms. The highest BCUT2D eigenvalue weighted by Gasteiger charge is 2.09. The Morgan fingerprint density at radius 1 is 1.27 bits per heavy atom. The molecule has 15 heavy (non-hydrogen) atoms. The van der Waals surface area contributed by atoms with Crippen LogP contribution in [-0.2, 0) is 0 Å². The zero-order valence-corrected chi connectivity index (χ0v) is 9.95. The van der Waals surface area contributed by atoms with Crippen molar-refractivity contribution in [1.82, 2.24) is 4.98 Å². The second kappa shape index (κ2) is 3.95. The maximum Gasteiger partial charge on any atom is 0.119 e. The monoisotopic (exact) mass is 309 g/mol. The van der Waals surface area contributed by atoms with E-state index in [1.54, 1.807) is 6.20 Å². The van der Waals surface area contributed by atoms with E-state index in [0.29, 0.717) is 11.4 Å². The largest absolute Gasteiger partial charge is 0.384 e. The van der Waals surface area contributed by atoms with Crippen LogP contribution in [0.25, 0.3) is 11.1 Å². The van der Waals surface area contributed by atoms with Crippen molar-refractivity contribution in [2.75, 3.05) is 5.73 Å². The Morgan fingerprint density at radius 2 is 1.93 bits per heavy atom. The lowest BCUT2D eigenvalue weighted by Crippen LogP contribution is -1.87. The van der Waals surface area contributed by atoms with Crippen molar-refractivity contribution in [3.05, 3.63) is 39.6 Å². The van der Waals surface area contributed by atoms with Gasteiger partial charge in [-0.1, -0.05) is 12.1 Å². The topological polar surface area (TPSA) is 65.6 Å². The Hall–Kier alpha value is -1.48. The van der Waals surface area contributed by atoms with Gasteiger partial charge in [0.1, 0.15) is 17.5 Å². The maximum atomic E-state index is 8.95. The summed E-state index contributed by atoms with van der Waals surface area (Å²) >= 11 is 2.24. The summed E-state index contributed by atoms with van der Waals surface area (Å²) < 4.78 is 1.17. The number of aromatic amines is 1. The van der Waals surface area contributed by atoms with Crippen molar-refractivity contribution in [2.45, 2.75) is 0 Å². The number of nitrogen functional groups attached to an aromatic ring is 1. The fourth-order valence-corrected chi connectivity index (χ4v) is 1.78. The van der Waals surface area contributed by atoms with Crippen LogP contribution in [0.15, 0.2) is 30.5 Å². The van der Waals surface area contributed by atoms with Gasteiger partial charge >= 0.3 is 0 Å². The molecule has 0 spiro atoms. The molecule has 1 aromatic carbocycles. The predicted molar refractivity (Wildman–Crippen MR) is 68.1 cm³/mol. The number of aromatic nitrogens is 1. The molecule has 3 nitrogen and oxygen atoms in total. The third-order valence-corrected chi connectivity index (χ3v) is 2.90. The molecule has 0 bridgehead atoms. The maximum absolute atomic E-state index is 8.95. The van der Waals surface area contributed by atoms with E-state index in [1.165, 1.54) is 3.57 Å². The fourth-order valence-electron chi connectivity index (χ4n) is 1.42. The van der Waals surface area contributed by atoms with E-state index in [4.69, 9.17) is 11.0 Å². The van der Waals surface area contributed by atoms with Gasteiger partial charge in [0.15, 0.2) is 0 Å². The molecular weight excluding hydrogens is 301 g/mol. The number of H-pyrrole nitrogens is 1. The standard InChI is InChI=1S/C11H8IN3/c12-8-3-1-7(2-4-8)10-6-15-11(14)9(10)5-13/h1-4,6,15H,14H2. The minimum absolute atomic E-state index is 0.422. The summed E-state index contributed by atoms with van der Waals surface area (Å²) in [7, 11) is 0. The van der Waals surface area contributed by atoms with Gasteiger partial charge in [-0.15, -0.1) is 0 Å². The van der Waals surface area contributed by atoms with E-state index < -0.39 is 0 Å². The average Bonchev–Trinajstić information content (AvgIpc) is 2.61. The third-order valence-electron chi connectivity index (χ3n) is 2.18. The molecular formula is C11H8IN3. The fraction of sp³-hybridized carbons (Fsp3) is 0. The molecule has 0 unspecified atom stereocenters. The van der Waals surface area contributed by atoms with Crippen LogP contribution >= 0.6 is 22.6 Å². The van der Waals surface area contributed by atoms with E-state index in [2.05, 4.69) is 33.6 Å². The number of nitrogens with zero attached hydrogens (tertiary/aromatic N) is 1. The van der Waals surface area contributed by atoms with Crippen molar-refractivity contribution in [2.24, 2.45) is 0 Å². The van der Waals surface area contributed by atoms with Gasteiger partial charge in [-0.05, 0) is 40.3 Å². The van der Waals surface area contributed by atoms with E-state index in [0.717, 1.165) is 11.1 Å². The lowest BCUT2D eigenvalue weighted by Gasteiger charge is -1.98. The van der Waals surface area contributed by atoms with Crippen LogP contribution in [0.1, 0.15) is 5.56 Å². The van der Waals surface area contributed by atoms with Crippen molar-refractivity contribution in [3.8, 4) is 17.2 Å². The highest BCUT2D eigenvalue weighted by Crippen LogP contribution is 2.27. The average molecular weight is 309 g/mol. The summed E-state index contributed by atoms with van der Waals surface area (Å²) in [5.74, 6) is 0.422. The van der Waals surface area contributed by atoms with Gasteiger partial charge in [0, 0.05) is 15.3 Å². The van der Waals surface area contributed by atoms with Crippen LogP contribution in [0, 0.1) is 14.9 Å². The van der Waals surface area contributed by atoms with Gasteiger partial charge in [0.25, 0.3) is 0 Å². The molecule has 0 aliphatic rings. The molecule has 74 valence electrons. The Balaban J connectivity index is 2.55.